The number of hydrogen-bond donors (Lipinski definition) is 2. The Kier molecular flexibility index (Phi) is 5.55. The van der Waals surface area contributed by atoms with E-state index in [4.69, 9.17) is 9.97 Å². The molecule has 0 bridgehead atoms. The van der Waals surface area contributed by atoms with Crippen molar-refractivity contribution in [3.05, 3.63) is 46.9 Å². The average molecular weight is 435 g/mol. The van der Waals surface area contributed by atoms with Crippen LogP contribution in [0.2, 0.25) is 0 Å². The van der Waals surface area contributed by atoms with E-state index in [-0.39, 0.29) is 24.2 Å². The van der Waals surface area contributed by atoms with Crippen molar-refractivity contribution in [1.29, 1.82) is 0 Å². The van der Waals surface area contributed by atoms with Crippen LogP contribution in [0.5, 0.6) is 0 Å². The van der Waals surface area contributed by atoms with Gasteiger partial charge in [-0.25, -0.2) is 9.97 Å². The fourth-order valence-corrected chi connectivity index (χ4v) is 5.17. The molecule has 5 rings (SSSR count). The second-order valence-corrected chi connectivity index (χ2v) is 9.09. The molecule has 8 heteroatoms. The number of amides is 2. The summed E-state index contributed by atoms with van der Waals surface area (Å²) in [5.41, 5.74) is 4.03. The van der Waals surface area contributed by atoms with Gasteiger partial charge in [0, 0.05) is 63.2 Å². The summed E-state index contributed by atoms with van der Waals surface area (Å²) in [5, 5.41) is 6.14. The number of piperidine rings is 1. The lowest BCUT2D eigenvalue weighted by molar-refractivity contribution is -0.136. The number of nitrogens with zero attached hydrogens (tertiary/aromatic N) is 4. The summed E-state index contributed by atoms with van der Waals surface area (Å²) in [4.78, 5) is 39.5. The maximum absolute atomic E-state index is 13.3. The first kappa shape index (κ1) is 20.9. The molecule has 3 aliphatic heterocycles. The fourth-order valence-electron chi connectivity index (χ4n) is 5.17. The smallest absolute Gasteiger partial charge is 0.230 e. The third kappa shape index (κ3) is 3.83. The van der Waals surface area contributed by atoms with Crippen molar-refractivity contribution in [2.75, 3.05) is 44.4 Å². The summed E-state index contributed by atoms with van der Waals surface area (Å²) in [6, 6.07) is 7.62. The normalized spacial score (nSPS) is 21.5. The number of anilines is 2. The topological polar surface area (TPSA) is 90.5 Å². The minimum atomic E-state index is -0.399. The van der Waals surface area contributed by atoms with Crippen LogP contribution in [-0.2, 0) is 22.6 Å². The highest BCUT2D eigenvalue weighted by Gasteiger charge is 2.35. The predicted molar refractivity (Wildman–Crippen MR) is 123 cm³/mol. The SMILES string of the molecule is CNc1nc(C2CCN(C(=O)[C@@H]3CC(=O)Nc4ccccc43)CC2)nc2c1CN(C)CC2. The van der Waals surface area contributed by atoms with Crippen LogP contribution >= 0.6 is 0 Å². The Balaban J connectivity index is 1.30. The van der Waals surface area contributed by atoms with E-state index in [1.165, 1.54) is 5.56 Å². The van der Waals surface area contributed by atoms with E-state index in [9.17, 15) is 9.59 Å². The van der Waals surface area contributed by atoms with Gasteiger partial charge in [0.2, 0.25) is 11.8 Å². The average Bonchev–Trinajstić information content (AvgIpc) is 2.82. The number of nitrogens with one attached hydrogen (secondary N) is 2. The summed E-state index contributed by atoms with van der Waals surface area (Å²) >= 11 is 0. The molecular formula is C24H30N6O2. The number of rotatable bonds is 3. The van der Waals surface area contributed by atoms with Gasteiger partial charge in [-0.05, 0) is 31.5 Å². The Morgan fingerprint density at radius 1 is 1.16 bits per heavy atom. The van der Waals surface area contributed by atoms with Gasteiger partial charge < -0.3 is 20.4 Å². The van der Waals surface area contributed by atoms with Crippen LogP contribution in [0.25, 0.3) is 0 Å². The lowest BCUT2D eigenvalue weighted by atomic mass is 9.88. The molecule has 2 N–H and O–H groups in total. The van der Waals surface area contributed by atoms with Crippen molar-refractivity contribution in [1.82, 2.24) is 19.8 Å². The fraction of sp³-hybridized carbons (Fsp3) is 0.500. The molecule has 0 aliphatic carbocycles. The molecule has 1 aromatic heterocycles. The summed E-state index contributed by atoms with van der Waals surface area (Å²) in [6.45, 7) is 3.22. The Bertz CT molecular complexity index is 1030. The highest BCUT2D eigenvalue weighted by atomic mass is 16.2. The summed E-state index contributed by atoms with van der Waals surface area (Å²) in [6.07, 6.45) is 2.84. The maximum atomic E-state index is 13.3. The first-order valence-corrected chi connectivity index (χ1v) is 11.5. The van der Waals surface area contributed by atoms with Crippen molar-refractivity contribution in [3.63, 3.8) is 0 Å². The molecule has 8 nitrogen and oxygen atoms in total. The number of aromatic nitrogens is 2. The van der Waals surface area contributed by atoms with Gasteiger partial charge in [-0.15, -0.1) is 0 Å². The monoisotopic (exact) mass is 434 g/mol. The summed E-state index contributed by atoms with van der Waals surface area (Å²) < 4.78 is 0. The molecule has 32 heavy (non-hydrogen) atoms. The molecule has 1 aromatic carbocycles. The highest BCUT2D eigenvalue weighted by Crippen LogP contribution is 2.35. The van der Waals surface area contributed by atoms with Crippen molar-refractivity contribution in [3.8, 4) is 0 Å². The van der Waals surface area contributed by atoms with Gasteiger partial charge in [-0.3, -0.25) is 9.59 Å². The van der Waals surface area contributed by atoms with E-state index in [0.717, 1.165) is 60.9 Å². The zero-order chi connectivity index (χ0) is 22.2. The second kappa shape index (κ2) is 8.50. The molecule has 1 saturated heterocycles. The van der Waals surface area contributed by atoms with Gasteiger partial charge in [0.15, 0.2) is 0 Å². The van der Waals surface area contributed by atoms with Gasteiger partial charge in [0.25, 0.3) is 0 Å². The van der Waals surface area contributed by atoms with Gasteiger partial charge in [-0.1, -0.05) is 18.2 Å². The Labute approximate surface area is 188 Å². The molecule has 1 atom stereocenters. The number of likely N-dealkylation sites (N-methyl/N-ethyl adjacent to an activating group) is 1. The predicted octanol–water partition coefficient (Wildman–Crippen LogP) is 2.34. The molecule has 0 saturated carbocycles. The lowest BCUT2D eigenvalue weighted by Crippen LogP contribution is -2.43. The zero-order valence-corrected chi connectivity index (χ0v) is 18.7. The highest BCUT2D eigenvalue weighted by molar-refractivity contribution is 6.01. The number of hydrogen-bond acceptors (Lipinski definition) is 6. The van der Waals surface area contributed by atoms with Gasteiger partial charge in [0.05, 0.1) is 11.6 Å². The molecule has 2 amide bonds. The molecule has 3 aliphatic rings. The molecule has 0 radical (unpaired) electrons. The Morgan fingerprint density at radius 2 is 1.94 bits per heavy atom. The molecular weight excluding hydrogens is 404 g/mol. The third-order valence-electron chi connectivity index (χ3n) is 6.97. The second-order valence-electron chi connectivity index (χ2n) is 9.09. The zero-order valence-electron chi connectivity index (χ0n) is 18.7. The molecule has 4 heterocycles. The van der Waals surface area contributed by atoms with Gasteiger partial charge in [-0.2, -0.15) is 0 Å². The minimum Gasteiger partial charge on any atom is -0.373 e. The first-order chi connectivity index (χ1) is 15.5. The quantitative estimate of drug-likeness (QED) is 0.771. The summed E-state index contributed by atoms with van der Waals surface area (Å²) in [7, 11) is 4.04. The van der Waals surface area contributed by atoms with Crippen molar-refractivity contribution >= 4 is 23.3 Å². The number of likely N-dealkylation sites (tertiary alicyclic amines) is 1. The van der Waals surface area contributed by atoms with Crippen LogP contribution in [0.15, 0.2) is 24.3 Å². The summed E-state index contributed by atoms with van der Waals surface area (Å²) in [5.74, 6) is 1.63. The van der Waals surface area contributed by atoms with Crippen LogP contribution in [0.4, 0.5) is 11.5 Å². The molecule has 0 spiro atoms. The maximum Gasteiger partial charge on any atom is 0.230 e. The van der Waals surface area contributed by atoms with E-state index in [2.05, 4.69) is 22.6 Å². The van der Waals surface area contributed by atoms with Crippen LogP contribution in [0.3, 0.4) is 0 Å². The van der Waals surface area contributed by atoms with Crippen molar-refractivity contribution in [2.24, 2.45) is 0 Å². The number of benzene rings is 1. The van der Waals surface area contributed by atoms with Crippen molar-refractivity contribution < 1.29 is 9.59 Å². The Hall–Kier alpha value is -3.00. The third-order valence-corrected chi connectivity index (χ3v) is 6.97. The van der Waals surface area contributed by atoms with Crippen LogP contribution in [-0.4, -0.2) is 65.3 Å². The number of para-hydroxylation sites is 1. The number of fused-ring (bicyclic) bond motifs is 2. The molecule has 168 valence electrons. The van der Waals surface area contributed by atoms with Crippen LogP contribution in [0.1, 0.15) is 53.7 Å². The van der Waals surface area contributed by atoms with Crippen molar-refractivity contribution in [2.45, 2.75) is 44.1 Å². The molecule has 0 unspecified atom stereocenters. The largest absolute Gasteiger partial charge is 0.373 e. The van der Waals surface area contributed by atoms with Gasteiger partial charge >= 0.3 is 0 Å². The van der Waals surface area contributed by atoms with E-state index in [1.54, 1.807) is 0 Å². The number of carbonyl (C=O) groups excluding carboxylic acids is 2. The molecule has 2 aromatic rings. The van der Waals surface area contributed by atoms with E-state index < -0.39 is 5.92 Å². The standard InChI is InChI=1S/C24H30N6O2/c1-25-23-18-14-29(2)10-9-20(18)27-22(28-23)15-7-11-30(12-8-15)24(32)17-13-21(31)26-19-6-4-3-5-16(17)19/h3-6,15,17H,7-14H2,1-2H3,(H,26,31)(H,25,27,28)/t17-/m1/s1. The van der Waals surface area contributed by atoms with E-state index >= 15 is 0 Å². The van der Waals surface area contributed by atoms with E-state index in [0.29, 0.717) is 13.1 Å². The van der Waals surface area contributed by atoms with E-state index in [1.807, 2.05) is 36.2 Å². The lowest BCUT2D eigenvalue weighted by Gasteiger charge is -2.35. The minimum absolute atomic E-state index is 0.0519. The molecule has 1 fully saturated rings. The van der Waals surface area contributed by atoms with Gasteiger partial charge in [0.1, 0.15) is 11.6 Å². The van der Waals surface area contributed by atoms with Crippen LogP contribution < -0.4 is 10.6 Å². The van der Waals surface area contributed by atoms with Crippen LogP contribution in [0, 0.1) is 0 Å². The number of carbonyl (C=O) groups is 2. The Morgan fingerprint density at radius 3 is 2.72 bits per heavy atom. The first-order valence-electron chi connectivity index (χ1n) is 11.5.